The number of carbonyl (C=O) groups excluding carboxylic acids is 1. The summed E-state index contributed by atoms with van der Waals surface area (Å²) in [5, 5.41) is 0. The highest BCUT2D eigenvalue weighted by Crippen LogP contribution is 2.30. The Kier molecular flexibility index (Phi) is 4.65. The monoisotopic (exact) mass is 338 g/mol. The predicted molar refractivity (Wildman–Crippen MR) is 93.8 cm³/mol. The minimum Gasteiger partial charge on any atom is -0.456 e. The van der Waals surface area contributed by atoms with Crippen molar-refractivity contribution in [3.63, 3.8) is 0 Å². The average molecular weight is 338 g/mol. The summed E-state index contributed by atoms with van der Waals surface area (Å²) in [6, 6.07) is 11.2. The number of benzene rings is 1. The fourth-order valence-corrected chi connectivity index (χ4v) is 3.72. The van der Waals surface area contributed by atoms with Crippen molar-refractivity contribution >= 4 is 5.91 Å². The molecular formula is C20H22N2O3. The third-order valence-corrected chi connectivity index (χ3v) is 4.96. The molecule has 1 saturated heterocycles. The van der Waals surface area contributed by atoms with Crippen molar-refractivity contribution in [3.8, 4) is 11.5 Å². The van der Waals surface area contributed by atoms with E-state index in [1.807, 2.05) is 41.3 Å². The van der Waals surface area contributed by atoms with E-state index in [4.69, 9.17) is 9.47 Å². The van der Waals surface area contributed by atoms with Gasteiger partial charge >= 0.3 is 0 Å². The molecule has 1 aromatic heterocycles. The average Bonchev–Trinajstić information content (AvgIpc) is 2.68. The first-order valence-corrected chi connectivity index (χ1v) is 8.92. The zero-order valence-corrected chi connectivity index (χ0v) is 14.1. The van der Waals surface area contributed by atoms with Crippen LogP contribution in [0.2, 0.25) is 0 Å². The first-order valence-electron chi connectivity index (χ1n) is 8.92. The summed E-state index contributed by atoms with van der Waals surface area (Å²) in [7, 11) is 0. The lowest BCUT2D eigenvalue weighted by Gasteiger charge is -2.43. The molecule has 1 amide bonds. The Morgan fingerprint density at radius 3 is 2.76 bits per heavy atom. The van der Waals surface area contributed by atoms with Gasteiger partial charge in [0.05, 0.1) is 24.9 Å². The molecule has 1 saturated carbocycles. The maximum absolute atomic E-state index is 12.9. The molecule has 2 fully saturated rings. The van der Waals surface area contributed by atoms with E-state index in [1.165, 1.54) is 12.8 Å². The molecule has 25 heavy (non-hydrogen) atoms. The molecule has 0 N–H and O–H groups in total. The lowest BCUT2D eigenvalue weighted by atomic mass is 9.89. The van der Waals surface area contributed by atoms with Crippen molar-refractivity contribution in [2.75, 3.05) is 13.2 Å². The summed E-state index contributed by atoms with van der Waals surface area (Å²) < 4.78 is 11.6. The number of carbonyl (C=O) groups is 1. The summed E-state index contributed by atoms with van der Waals surface area (Å²) in [5.74, 6) is 1.47. The highest BCUT2D eigenvalue weighted by molar-refractivity contribution is 5.94. The minimum atomic E-state index is 0.0909. The third kappa shape index (κ3) is 3.51. The molecule has 0 radical (unpaired) electrons. The van der Waals surface area contributed by atoms with Crippen LogP contribution in [0.25, 0.3) is 0 Å². The summed E-state index contributed by atoms with van der Waals surface area (Å²) in [4.78, 5) is 19.0. The smallest absolute Gasteiger partial charge is 0.254 e. The third-order valence-electron chi connectivity index (χ3n) is 4.96. The van der Waals surface area contributed by atoms with Gasteiger partial charge in [-0.3, -0.25) is 9.78 Å². The van der Waals surface area contributed by atoms with Gasteiger partial charge in [0.2, 0.25) is 0 Å². The highest BCUT2D eigenvalue weighted by Gasteiger charge is 2.36. The van der Waals surface area contributed by atoms with Crippen LogP contribution in [0, 0.1) is 0 Å². The number of amides is 1. The van der Waals surface area contributed by atoms with E-state index in [0.717, 1.165) is 12.8 Å². The van der Waals surface area contributed by atoms with E-state index in [-0.39, 0.29) is 18.1 Å². The van der Waals surface area contributed by atoms with E-state index in [2.05, 4.69) is 4.98 Å². The second-order valence-corrected chi connectivity index (χ2v) is 6.57. The van der Waals surface area contributed by atoms with Crippen LogP contribution in [-0.4, -0.2) is 41.1 Å². The number of rotatable bonds is 3. The first kappa shape index (κ1) is 16.1. The molecule has 2 heterocycles. The number of morpholine rings is 1. The van der Waals surface area contributed by atoms with E-state index in [0.29, 0.717) is 30.2 Å². The fourth-order valence-electron chi connectivity index (χ4n) is 3.72. The van der Waals surface area contributed by atoms with Gasteiger partial charge in [0.1, 0.15) is 11.5 Å². The normalized spacial score (nSPS) is 23.0. The van der Waals surface area contributed by atoms with Crippen molar-refractivity contribution in [1.82, 2.24) is 9.88 Å². The number of ether oxygens (including phenoxy) is 2. The van der Waals surface area contributed by atoms with Gasteiger partial charge in [-0.15, -0.1) is 0 Å². The van der Waals surface area contributed by atoms with Gasteiger partial charge in [0.15, 0.2) is 0 Å². The maximum Gasteiger partial charge on any atom is 0.254 e. The maximum atomic E-state index is 12.9. The zero-order chi connectivity index (χ0) is 17.1. The molecule has 1 aliphatic heterocycles. The largest absolute Gasteiger partial charge is 0.456 e. The van der Waals surface area contributed by atoms with Crippen LogP contribution < -0.4 is 4.74 Å². The van der Waals surface area contributed by atoms with E-state index in [9.17, 15) is 4.79 Å². The van der Waals surface area contributed by atoms with Gasteiger partial charge in [-0.2, -0.15) is 0 Å². The summed E-state index contributed by atoms with van der Waals surface area (Å²) in [6.07, 6.45) is 8.05. The van der Waals surface area contributed by atoms with Crippen LogP contribution in [0.4, 0.5) is 0 Å². The van der Waals surface area contributed by atoms with Crippen molar-refractivity contribution in [2.24, 2.45) is 0 Å². The van der Waals surface area contributed by atoms with E-state index in [1.54, 1.807) is 12.4 Å². The topological polar surface area (TPSA) is 51.7 Å². The Hall–Kier alpha value is -2.40. The zero-order valence-electron chi connectivity index (χ0n) is 14.1. The van der Waals surface area contributed by atoms with Crippen molar-refractivity contribution in [3.05, 3.63) is 54.4 Å². The number of nitrogens with zero attached hydrogens (tertiary/aromatic N) is 2. The molecule has 2 aliphatic rings. The molecule has 0 bridgehead atoms. The Bertz CT molecular complexity index is 715. The van der Waals surface area contributed by atoms with Gasteiger partial charge in [0.25, 0.3) is 5.91 Å². The van der Waals surface area contributed by atoms with Crippen molar-refractivity contribution in [1.29, 1.82) is 0 Å². The van der Waals surface area contributed by atoms with Crippen LogP contribution in [0.5, 0.6) is 11.5 Å². The number of fused-ring (bicyclic) bond motifs is 1. The standard InChI is InChI=1S/C20H22N2O3/c23-20(22-12-13-24-19-6-2-1-5-18(19)22)15-7-9-16(10-8-15)25-17-4-3-11-21-14-17/h3-4,7-11,14,18-19H,1-2,5-6,12-13H2/t18-,19-/m0/s1. The molecule has 1 aliphatic carbocycles. The van der Waals surface area contributed by atoms with E-state index >= 15 is 0 Å². The quantitative estimate of drug-likeness (QED) is 0.857. The van der Waals surface area contributed by atoms with Gasteiger partial charge in [-0.1, -0.05) is 12.8 Å². The summed E-state index contributed by atoms with van der Waals surface area (Å²) in [6.45, 7) is 1.31. The number of hydrogen-bond donors (Lipinski definition) is 0. The van der Waals surface area contributed by atoms with Crippen molar-refractivity contribution in [2.45, 2.75) is 37.8 Å². The first-order chi connectivity index (χ1) is 12.3. The van der Waals surface area contributed by atoms with Gasteiger partial charge in [-0.05, 0) is 49.2 Å². The summed E-state index contributed by atoms with van der Waals surface area (Å²) in [5.41, 5.74) is 0.699. The SMILES string of the molecule is O=C(c1ccc(Oc2cccnc2)cc1)N1CCO[C@H]2CCCC[C@@H]21. The minimum absolute atomic E-state index is 0.0909. The molecule has 2 aromatic rings. The molecule has 130 valence electrons. The molecule has 4 rings (SSSR count). The van der Waals surface area contributed by atoms with Crippen LogP contribution in [-0.2, 0) is 4.74 Å². The molecule has 5 nitrogen and oxygen atoms in total. The molecule has 0 spiro atoms. The fraction of sp³-hybridized carbons (Fsp3) is 0.400. The Morgan fingerprint density at radius 2 is 1.96 bits per heavy atom. The second kappa shape index (κ2) is 7.23. The lowest BCUT2D eigenvalue weighted by molar-refractivity contribution is -0.0752. The van der Waals surface area contributed by atoms with Gasteiger partial charge in [0, 0.05) is 18.3 Å². The van der Waals surface area contributed by atoms with Crippen LogP contribution in [0.1, 0.15) is 36.0 Å². The lowest BCUT2D eigenvalue weighted by Crippen LogP contribution is -2.54. The molecule has 5 heteroatoms. The molecule has 2 atom stereocenters. The number of aromatic nitrogens is 1. The molecule has 1 aromatic carbocycles. The van der Waals surface area contributed by atoms with Crippen LogP contribution in [0.15, 0.2) is 48.8 Å². The van der Waals surface area contributed by atoms with Gasteiger partial charge in [-0.25, -0.2) is 0 Å². The predicted octanol–water partition coefficient (Wildman–Crippen LogP) is 3.66. The van der Waals surface area contributed by atoms with Gasteiger partial charge < -0.3 is 14.4 Å². The highest BCUT2D eigenvalue weighted by atomic mass is 16.5. The molecular weight excluding hydrogens is 316 g/mol. The van der Waals surface area contributed by atoms with E-state index < -0.39 is 0 Å². The number of pyridine rings is 1. The summed E-state index contributed by atoms with van der Waals surface area (Å²) >= 11 is 0. The molecule has 0 unspecified atom stereocenters. The Balaban J connectivity index is 1.46. The van der Waals surface area contributed by atoms with Crippen LogP contribution >= 0.6 is 0 Å². The van der Waals surface area contributed by atoms with Crippen molar-refractivity contribution < 1.29 is 14.3 Å². The second-order valence-electron chi connectivity index (χ2n) is 6.57. The Morgan fingerprint density at radius 1 is 1.12 bits per heavy atom. The number of hydrogen-bond acceptors (Lipinski definition) is 4. The Labute approximate surface area is 147 Å². The van der Waals surface area contributed by atoms with Crippen LogP contribution in [0.3, 0.4) is 0 Å².